The predicted molar refractivity (Wildman–Crippen MR) is 82.3 cm³/mol. The van der Waals surface area contributed by atoms with Gasteiger partial charge in [-0.1, -0.05) is 26.7 Å². The molecule has 1 atom stereocenters. The lowest BCUT2D eigenvalue weighted by molar-refractivity contribution is -0.144. The van der Waals surface area contributed by atoms with Crippen LogP contribution >= 0.6 is 0 Å². The standard InChI is InChI=1S/C16H32N2O2/c1-3-8-16(13-17,9-4-2)15(20)18-10-5-6-14(12-18)7-11-19/h14,19H,3-13,17H2,1-2H3. The summed E-state index contributed by atoms with van der Waals surface area (Å²) in [4.78, 5) is 15.0. The molecule has 1 aliphatic rings. The summed E-state index contributed by atoms with van der Waals surface area (Å²) in [6.45, 7) is 6.58. The minimum Gasteiger partial charge on any atom is -0.396 e. The van der Waals surface area contributed by atoms with Gasteiger partial charge in [0.05, 0.1) is 5.41 Å². The van der Waals surface area contributed by atoms with Crippen LogP contribution in [-0.2, 0) is 4.79 Å². The van der Waals surface area contributed by atoms with E-state index in [9.17, 15) is 4.79 Å². The third-order valence-electron chi connectivity index (χ3n) is 4.65. The highest BCUT2D eigenvalue weighted by Crippen LogP contribution is 2.33. The summed E-state index contributed by atoms with van der Waals surface area (Å²) >= 11 is 0. The van der Waals surface area contributed by atoms with E-state index < -0.39 is 0 Å². The maximum absolute atomic E-state index is 13.0. The average Bonchev–Trinajstić information content (AvgIpc) is 2.47. The second-order valence-corrected chi connectivity index (χ2v) is 6.26. The van der Waals surface area contributed by atoms with Crippen molar-refractivity contribution >= 4 is 5.91 Å². The molecule has 1 fully saturated rings. The predicted octanol–water partition coefficient (Wildman–Crippen LogP) is 2.15. The van der Waals surface area contributed by atoms with Crippen LogP contribution in [0.3, 0.4) is 0 Å². The molecule has 0 radical (unpaired) electrons. The Morgan fingerprint density at radius 2 is 2.00 bits per heavy atom. The number of carbonyl (C=O) groups is 1. The van der Waals surface area contributed by atoms with Gasteiger partial charge in [0.15, 0.2) is 0 Å². The molecule has 1 heterocycles. The van der Waals surface area contributed by atoms with Gasteiger partial charge in [-0.05, 0) is 38.0 Å². The SMILES string of the molecule is CCCC(CN)(CCC)C(=O)N1CCCC(CCO)C1. The molecule has 0 saturated carbocycles. The summed E-state index contributed by atoms with van der Waals surface area (Å²) in [5, 5.41) is 9.09. The number of nitrogens with zero attached hydrogens (tertiary/aromatic N) is 1. The Bertz CT molecular complexity index is 286. The number of rotatable bonds is 8. The summed E-state index contributed by atoms with van der Waals surface area (Å²) < 4.78 is 0. The Kier molecular flexibility index (Phi) is 7.52. The van der Waals surface area contributed by atoms with Crippen LogP contribution in [0.1, 0.15) is 58.8 Å². The highest BCUT2D eigenvalue weighted by Gasteiger charge is 2.39. The zero-order valence-electron chi connectivity index (χ0n) is 13.2. The van der Waals surface area contributed by atoms with Gasteiger partial charge in [-0.25, -0.2) is 0 Å². The fraction of sp³-hybridized carbons (Fsp3) is 0.938. The molecule has 0 aromatic heterocycles. The number of nitrogens with two attached hydrogens (primary N) is 1. The van der Waals surface area contributed by atoms with Crippen molar-refractivity contribution in [1.29, 1.82) is 0 Å². The Balaban J connectivity index is 2.77. The second-order valence-electron chi connectivity index (χ2n) is 6.26. The zero-order valence-corrected chi connectivity index (χ0v) is 13.2. The number of amides is 1. The van der Waals surface area contributed by atoms with Crippen molar-refractivity contribution in [3.63, 3.8) is 0 Å². The van der Waals surface area contributed by atoms with E-state index in [0.29, 0.717) is 12.5 Å². The van der Waals surface area contributed by atoms with E-state index in [4.69, 9.17) is 10.8 Å². The van der Waals surface area contributed by atoms with Gasteiger partial charge in [0.2, 0.25) is 5.91 Å². The Labute approximate surface area is 123 Å². The van der Waals surface area contributed by atoms with Crippen LogP contribution in [-0.4, -0.2) is 42.2 Å². The number of likely N-dealkylation sites (tertiary alicyclic amines) is 1. The summed E-state index contributed by atoms with van der Waals surface area (Å²) in [6.07, 6.45) is 6.75. The van der Waals surface area contributed by atoms with Crippen molar-refractivity contribution in [2.45, 2.75) is 58.8 Å². The lowest BCUT2D eigenvalue weighted by atomic mass is 9.77. The van der Waals surface area contributed by atoms with Gasteiger partial charge < -0.3 is 15.7 Å². The molecule has 1 aliphatic heterocycles. The first-order valence-corrected chi connectivity index (χ1v) is 8.23. The van der Waals surface area contributed by atoms with Crippen LogP contribution in [0.4, 0.5) is 0 Å². The lowest BCUT2D eigenvalue weighted by Gasteiger charge is -2.40. The molecule has 20 heavy (non-hydrogen) atoms. The van der Waals surface area contributed by atoms with Gasteiger partial charge in [-0.3, -0.25) is 4.79 Å². The lowest BCUT2D eigenvalue weighted by Crippen LogP contribution is -2.51. The number of aliphatic hydroxyl groups is 1. The third-order valence-corrected chi connectivity index (χ3v) is 4.65. The quantitative estimate of drug-likeness (QED) is 0.718. The molecule has 0 aromatic carbocycles. The van der Waals surface area contributed by atoms with Gasteiger partial charge in [0, 0.05) is 26.2 Å². The topological polar surface area (TPSA) is 66.6 Å². The van der Waals surface area contributed by atoms with E-state index in [1.54, 1.807) is 0 Å². The van der Waals surface area contributed by atoms with Crippen LogP contribution < -0.4 is 5.73 Å². The molecule has 4 nitrogen and oxygen atoms in total. The summed E-state index contributed by atoms with van der Waals surface area (Å²) in [7, 11) is 0. The monoisotopic (exact) mass is 284 g/mol. The van der Waals surface area contributed by atoms with E-state index in [2.05, 4.69) is 13.8 Å². The van der Waals surface area contributed by atoms with E-state index in [1.807, 2.05) is 4.90 Å². The van der Waals surface area contributed by atoms with Crippen molar-refractivity contribution in [3.8, 4) is 0 Å². The Morgan fingerprint density at radius 1 is 1.35 bits per heavy atom. The van der Waals surface area contributed by atoms with Crippen molar-refractivity contribution in [1.82, 2.24) is 4.90 Å². The van der Waals surface area contributed by atoms with E-state index in [-0.39, 0.29) is 17.9 Å². The smallest absolute Gasteiger partial charge is 0.230 e. The highest BCUT2D eigenvalue weighted by atomic mass is 16.3. The Morgan fingerprint density at radius 3 is 2.50 bits per heavy atom. The summed E-state index contributed by atoms with van der Waals surface area (Å²) in [5.74, 6) is 0.711. The molecule has 0 bridgehead atoms. The number of piperidine rings is 1. The van der Waals surface area contributed by atoms with Gasteiger partial charge in [0.25, 0.3) is 0 Å². The molecule has 118 valence electrons. The van der Waals surface area contributed by atoms with Crippen LogP contribution in [0, 0.1) is 11.3 Å². The largest absolute Gasteiger partial charge is 0.396 e. The number of carbonyl (C=O) groups excluding carboxylic acids is 1. The van der Waals surface area contributed by atoms with E-state index >= 15 is 0 Å². The molecule has 3 N–H and O–H groups in total. The molecule has 1 amide bonds. The maximum Gasteiger partial charge on any atom is 0.230 e. The number of aliphatic hydroxyl groups excluding tert-OH is 1. The molecule has 4 heteroatoms. The molecule has 1 saturated heterocycles. The van der Waals surface area contributed by atoms with Gasteiger partial charge in [0.1, 0.15) is 0 Å². The minimum atomic E-state index is -0.357. The van der Waals surface area contributed by atoms with Crippen LogP contribution in [0.15, 0.2) is 0 Å². The summed E-state index contributed by atoms with van der Waals surface area (Å²) in [5.41, 5.74) is 5.64. The van der Waals surface area contributed by atoms with Crippen LogP contribution in [0.25, 0.3) is 0 Å². The third kappa shape index (κ3) is 4.19. The molecule has 1 rings (SSSR count). The molecular formula is C16H32N2O2. The van der Waals surface area contributed by atoms with E-state index in [1.165, 1.54) is 0 Å². The first-order valence-electron chi connectivity index (χ1n) is 8.23. The Hall–Kier alpha value is -0.610. The van der Waals surface area contributed by atoms with Crippen molar-refractivity contribution in [2.75, 3.05) is 26.2 Å². The van der Waals surface area contributed by atoms with Gasteiger partial charge >= 0.3 is 0 Å². The average molecular weight is 284 g/mol. The zero-order chi connectivity index (χ0) is 15.0. The van der Waals surface area contributed by atoms with Crippen molar-refractivity contribution in [3.05, 3.63) is 0 Å². The molecule has 0 aromatic rings. The normalized spacial score (nSPS) is 20.2. The maximum atomic E-state index is 13.0. The second kappa shape index (κ2) is 8.63. The minimum absolute atomic E-state index is 0.221. The first-order chi connectivity index (χ1) is 9.63. The van der Waals surface area contributed by atoms with Crippen LogP contribution in [0.2, 0.25) is 0 Å². The fourth-order valence-electron chi connectivity index (χ4n) is 3.59. The molecule has 0 aliphatic carbocycles. The molecule has 0 spiro atoms. The molecular weight excluding hydrogens is 252 g/mol. The number of hydrogen-bond donors (Lipinski definition) is 2. The van der Waals surface area contributed by atoms with Crippen LogP contribution in [0.5, 0.6) is 0 Å². The van der Waals surface area contributed by atoms with Crippen molar-refractivity contribution < 1.29 is 9.90 Å². The first kappa shape index (κ1) is 17.4. The highest BCUT2D eigenvalue weighted by molar-refractivity contribution is 5.83. The summed E-state index contributed by atoms with van der Waals surface area (Å²) in [6, 6.07) is 0. The molecule has 1 unspecified atom stereocenters. The van der Waals surface area contributed by atoms with Gasteiger partial charge in [-0.2, -0.15) is 0 Å². The number of hydrogen-bond acceptors (Lipinski definition) is 3. The van der Waals surface area contributed by atoms with Gasteiger partial charge in [-0.15, -0.1) is 0 Å². The van der Waals surface area contributed by atoms with E-state index in [0.717, 1.165) is 58.0 Å². The van der Waals surface area contributed by atoms with Crippen molar-refractivity contribution in [2.24, 2.45) is 17.1 Å². The fourth-order valence-corrected chi connectivity index (χ4v) is 3.59.